The highest BCUT2D eigenvalue weighted by molar-refractivity contribution is 5.96. The van der Waals surface area contributed by atoms with Gasteiger partial charge in [-0.1, -0.05) is 56.5 Å². The third-order valence-electron chi connectivity index (χ3n) is 7.54. The van der Waals surface area contributed by atoms with Gasteiger partial charge in [0.1, 0.15) is 18.5 Å². The van der Waals surface area contributed by atoms with Gasteiger partial charge in [-0.2, -0.15) is 0 Å². The number of aldehydes is 1. The molecule has 0 aromatic heterocycles. The molecule has 1 aliphatic heterocycles. The minimum absolute atomic E-state index is 0.0415. The zero-order valence-corrected chi connectivity index (χ0v) is 23.0. The van der Waals surface area contributed by atoms with E-state index in [0.717, 1.165) is 31.2 Å². The molecule has 9 nitrogen and oxygen atoms in total. The van der Waals surface area contributed by atoms with E-state index in [4.69, 9.17) is 9.47 Å². The van der Waals surface area contributed by atoms with Gasteiger partial charge in [-0.05, 0) is 30.2 Å². The van der Waals surface area contributed by atoms with Crippen LogP contribution in [-0.4, -0.2) is 78.3 Å². The lowest BCUT2D eigenvalue weighted by molar-refractivity contribution is -0.136. The van der Waals surface area contributed by atoms with Crippen LogP contribution in [-0.2, 0) is 16.0 Å². The van der Waals surface area contributed by atoms with Crippen molar-refractivity contribution in [1.29, 1.82) is 0 Å². The Balaban J connectivity index is 1.75. The summed E-state index contributed by atoms with van der Waals surface area (Å²) in [4.78, 5) is 40.5. The lowest BCUT2D eigenvalue weighted by Crippen LogP contribution is -2.56. The average Bonchev–Trinajstić information content (AvgIpc) is 3.36. The lowest BCUT2D eigenvalue weighted by Gasteiger charge is -2.41. The molecule has 1 aliphatic carbocycles. The molecular formula is C31H38N2O7. The van der Waals surface area contributed by atoms with Crippen molar-refractivity contribution in [3.63, 3.8) is 0 Å². The highest BCUT2D eigenvalue weighted by Crippen LogP contribution is 2.51. The maximum atomic E-state index is 13.7. The number of ether oxygens (including phenoxy) is 2. The molecule has 2 aromatic rings. The Morgan fingerprint density at radius 2 is 1.93 bits per heavy atom. The van der Waals surface area contributed by atoms with Gasteiger partial charge >= 0.3 is 0 Å². The fraction of sp³-hybridized carbons (Fsp3) is 0.452. The summed E-state index contributed by atoms with van der Waals surface area (Å²) in [6.45, 7) is 2.33. The molecule has 3 N–H and O–H groups in total. The minimum atomic E-state index is -1.15. The zero-order chi connectivity index (χ0) is 28.6. The van der Waals surface area contributed by atoms with E-state index in [9.17, 15) is 24.6 Å². The average molecular weight is 551 g/mol. The van der Waals surface area contributed by atoms with Crippen LogP contribution in [0, 0.1) is 0 Å². The molecule has 4 rings (SSSR count). The largest absolute Gasteiger partial charge is 0.493 e. The number of amides is 2. The van der Waals surface area contributed by atoms with Crippen LogP contribution in [0.1, 0.15) is 60.0 Å². The third-order valence-corrected chi connectivity index (χ3v) is 7.54. The van der Waals surface area contributed by atoms with Gasteiger partial charge in [0.15, 0.2) is 11.5 Å². The number of aliphatic hydroxyl groups excluding tert-OH is 2. The van der Waals surface area contributed by atoms with Gasteiger partial charge in [0.2, 0.25) is 11.8 Å². The molecule has 0 radical (unpaired) electrons. The number of benzene rings is 2. The van der Waals surface area contributed by atoms with E-state index < -0.39 is 30.1 Å². The SMILES string of the molecule is CCCCCCN(C(=O)Cc1ccccc1)[C@@H]1C=C(C(=O)NCCO)[C@@H]2c3cc(C=O)cc(OC)c3O[C@@H]2[C@H]1O. The molecule has 0 spiro atoms. The first-order valence-corrected chi connectivity index (χ1v) is 13.9. The number of carbonyl (C=O) groups excluding carboxylic acids is 3. The number of fused-ring (bicyclic) bond motifs is 3. The third kappa shape index (κ3) is 6.21. The fourth-order valence-electron chi connectivity index (χ4n) is 5.58. The molecule has 214 valence electrons. The molecule has 0 saturated heterocycles. The molecule has 0 saturated carbocycles. The van der Waals surface area contributed by atoms with Crippen LogP contribution in [0.5, 0.6) is 11.5 Å². The quantitative estimate of drug-likeness (QED) is 0.259. The molecule has 9 heteroatoms. The predicted molar refractivity (Wildman–Crippen MR) is 150 cm³/mol. The second kappa shape index (κ2) is 13.6. The molecule has 4 atom stereocenters. The summed E-state index contributed by atoms with van der Waals surface area (Å²) in [7, 11) is 1.46. The Bertz CT molecular complexity index is 1230. The summed E-state index contributed by atoms with van der Waals surface area (Å²) in [5.74, 6) is -0.611. The monoisotopic (exact) mass is 550 g/mol. The predicted octanol–water partition coefficient (Wildman–Crippen LogP) is 2.78. The Morgan fingerprint density at radius 1 is 1.15 bits per heavy atom. The van der Waals surface area contributed by atoms with Crippen LogP contribution >= 0.6 is 0 Å². The number of aliphatic hydroxyl groups is 2. The number of nitrogens with zero attached hydrogens (tertiary/aromatic N) is 1. The number of hydrogen-bond acceptors (Lipinski definition) is 7. The Labute approximate surface area is 234 Å². The number of rotatable bonds is 13. The number of methoxy groups -OCH3 is 1. The van der Waals surface area contributed by atoms with Crippen LogP contribution in [0.4, 0.5) is 0 Å². The number of carbonyl (C=O) groups is 3. The van der Waals surface area contributed by atoms with Crippen molar-refractivity contribution in [2.45, 2.75) is 63.2 Å². The summed E-state index contributed by atoms with van der Waals surface area (Å²) in [5, 5.41) is 23.8. The van der Waals surface area contributed by atoms with E-state index in [1.807, 2.05) is 30.3 Å². The van der Waals surface area contributed by atoms with Crippen molar-refractivity contribution in [3.05, 3.63) is 70.8 Å². The van der Waals surface area contributed by atoms with Crippen LogP contribution in [0.25, 0.3) is 0 Å². The zero-order valence-electron chi connectivity index (χ0n) is 23.0. The summed E-state index contributed by atoms with van der Waals surface area (Å²) >= 11 is 0. The Morgan fingerprint density at radius 3 is 2.60 bits per heavy atom. The highest BCUT2D eigenvalue weighted by atomic mass is 16.5. The first kappa shape index (κ1) is 29.3. The van der Waals surface area contributed by atoms with Gasteiger partial charge < -0.3 is 29.9 Å². The molecular weight excluding hydrogens is 512 g/mol. The topological polar surface area (TPSA) is 125 Å². The van der Waals surface area contributed by atoms with Crippen molar-refractivity contribution in [1.82, 2.24) is 10.2 Å². The van der Waals surface area contributed by atoms with Crippen molar-refractivity contribution < 1.29 is 34.1 Å². The summed E-state index contributed by atoms with van der Waals surface area (Å²) < 4.78 is 11.7. The van der Waals surface area contributed by atoms with Gasteiger partial charge in [-0.25, -0.2) is 0 Å². The van der Waals surface area contributed by atoms with Crippen molar-refractivity contribution >= 4 is 18.1 Å². The first-order valence-electron chi connectivity index (χ1n) is 13.9. The van der Waals surface area contributed by atoms with Crippen LogP contribution in [0.2, 0.25) is 0 Å². The molecule has 0 bridgehead atoms. The molecule has 0 unspecified atom stereocenters. The molecule has 40 heavy (non-hydrogen) atoms. The van der Waals surface area contributed by atoms with Gasteiger partial charge in [0.25, 0.3) is 0 Å². The normalized spacial score (nSPS) is 20.9. The maximum Gasteiger partial charge on any atom is 0.247 e. The van der Waals surface area contributed by atoms with E-state index in [2.05, 4.69) is 12.2 Å². The van der Waals surface area contributed by atoms with Gasteiger partial charge in [-0.3, -0.25) is 14.4 Å². The van der Waals surface area contributed by atoms with Crippen LogP contribution in [0.15, 0.2) is 54.1 Å². The highest BCUT2D eigenvalue weighted by Gasteiger charge is 2.51. The molecule has 2 aromatic carbocycles. The van der Waals surface area contributed by atoms with Crippen molar-refractivity contribution in [3.8, 4) is 11.5 Å². The molecule has 2 amide bonds. The van der Waals surface area contributed by atoms with Gasteiger partial charge in [-0.15, -0.1) is 0 Å². The van der Waals surface area contributed by atoms with Crippen LogP contribution < -0.4 is 14.8 Å². The fourth-order valence-corrected chi connectivity index (χ4v) is 5.58. The van der Waals surface area contributed by atoms with Crippen LogP contribution in [0.3, 0.4) is 0 Å². The number of hydrogen-bond donors (Lipinski definition) is 3. The summed E-state index contributed by atoms with van der Waals surface area (Å²) in [6, 6.07) is 11.8. The summed E-state index contributed by atoms with van der Waals surface area (Å²) in [6.07, 6.45) is 4.21. The standard InChI is InChI=1S/C31H38N2O7/c1-3-4-5-9-13-33(26(36)17-20-10-7-6-8-11-20)24-18-23(31(38)32-12-14-34)27-22-15-21(19-35)16-25(39-2)29(22)40-30(27)28(24)37/h6-8,10-11,15-16,18-19,24,27-28,30,34,37H,3-5,9,12-14,17H2,1-2H3,(H,32,38)/t24-,27+,28+,30+/m1/s1. The molecule has 1 heterocycles. The second-order valence-corrected chi connectivity index (χ2v) is 10.2. The minimum Gasteiger partial charge on any atom is -0.493 e. The second-order valence-electron chi connectivity index (χ2n) is 10.2. The lowest BCUT2D eigenvalue weighted by atomic mass is 9.77. The smallest absolute Gasteiger partial charge is 0.247 e. The van der Waals surface area contributed by atoms with E-state index >= 15 is 0 Å². The first-order chi connectivity index (χ1) is 19.4. The number of unbranched alkanes of at least 4 members (excludes halogenated alkanes) is 3. The van der Waals surface area contributed by atoms with E-state index in [1.165, 1.54) is 7.11 Å². The van der Waals surface area contributed by atoms with E-state index in [-0.39, 0.29) is 25.5 Å². The summed E-state index contributed by atoms with van der Waals surface area (Å²) in [5.41, 5.74) is 2.07. The Kier molecular flexibility index (Phi) is 9.95. The van der Waals surface area contributed by atoms with Gasteiger partial charge in [0.05, 0.1) is 32.1 Å². The molecule has 0 fully saturated rings. The Hall–Kier alpha value is -3.69. The molecule has 2 aliphatic rings. The van der Waals surface area contributed by atoms with Crippen molar-refractivity contribution in [2.75, 3.05) is 26.8 Å². The van der Waals surface area contributed by atoms with E-state index in [1.54, 1.807) is 23.1 Å². The van der Waals surface area contributed by atoms with Crippen molar-refractivity contribution in [2.24, 2.45) is 0 Å². The van der Waals surface area contributed by atoms with E-state index in [0.29, 0.717) is 41.0 Å². The number of nitrogens with one attached hydrogen (secondary N) is 1. The van der Waals surface area contributed by atoms with Gasteiger partial charge in [0, 0.05) is 29.8 Å². The maximum absolute atomic E-state index is 13.7.